The fourth-order valence-corrected chi connectivity index (χ4v) is 10.4. The summed E-state index contributed by atoms with van der Waals surface area (Å²) in [5.41, 5.74) is 9.13. The molecule has 93 heavy (non-hydrogen) atoms. The van der Waals surface area contributed by atoms with Gasteiger partial charge in [0, 0.05) is 36.8 Å². The van der Waals surface area contributed by atoms with Crippen LogP contribution in [0.25, 0.3) is 33.8 Å². The van der Waals surface area contributed by atoms with Crippen molar-refractivity contribution in [2.45, 2.75) is 111 Å². The van der Waals surface area contributed by atoms with E-state index >= 15 is 0 Å². The molecule has 0 aliphatic carbocycles. The Morgan fingerprint density at radius 3 is 0.882 bits per heavy atom. The molecule has 3 aromatic heterocycles. The molecule has 6 heterocycles. The summed E-state index contributed by atoms with van der Waals surface area (Å²) < 4.78 is 123. The molecule has 0 amide bonds. The van der Waals surface area contributed by atoms with E-state index in [1.54, 1.807) is 119 Å². The van der Waals surface area contributed by atoms with Crippen molar-refractivity contribution >= 4 is 51.6 Å². The predicted octanol–water partition coefficient (Wildman–Crippen LogP) is 18.7. The molecule has 22 heteroatoms. The number of alkyl halides is 9. The Labute approximate surface area is 550 Å². The number of hydrogen-bond acceptors (Lipinski definition) is 12. The van der Waals surface area contributed by atoms with E-state index in [4.69, 9.17) is 0 Å². The van der Waals surface area contributed by atoms with Crippen molar-refractivity contribution < 1.29 is 59.6 Å². The van der Waals surface area contributed by atoms with E-state index in [1.165, 1.54) is 0 Å². The fraction of sp³-hybridized carbons (Fsp3) is 0.282. The largest absolute Gasteiger partial charge is 0.501 e. The molecule has 0 unspecified atom stereocenters. The van der Waals surface area contributed by atoms with Gasteiger partial charge in [-0.25, -0.2) is 29.9 Å². The minimum Gasteiger partial charge on any atom is -0.501 e. The Kier molecular flexibility index (Phi) is 19.5. The molecule has 9 aromatic rings. The third-order valence-electron chi connectivity index (χ3n) is 15.4. The van der Waals surface area contributed by atoms with Gasteiger partial charge in [-0.2, -0.15) is 131 Å². The monoisotopic (exact) mass is 1450 g/mol. The summed E-state index contributed by atoms with van der Waals surface area (Å²) in [5, 5.41) is 0. The number of hydrogen-bond donors (Lipinski definition) is 0. The first-order chi connectivity index (χ1) is 43.2. The Morgan fingerprint density at radius 1 is 0.366 bits per heavy atom. The maximum Gasteiger partial charge on any atom is 0.451 e. The van der Waals surface area contributed by atoms with Crippen LogP contribution in [0, 0.1) is 38.2 Å². The molecule has 0 atom stereocenters. The van der Waals surface area contributed by atoms with E-state index in [2.05, 4.69) is 110 Å². The molecule has 0 bridgehead atoms. The van der Waals surface area contributed by atoms with Crippen LogP contribution in [0.1, 0.15) is 110 Å². The summed E-state index contributed by atoms with van der Waals surface area (Å²) in [6.07, 6.45) is -14.0. The van der Waals surface area contributed by atoms with Crippen molar-refractivity contribution in [3.63, 3.8) is 0 Å². The van der Waals surface area contributed by atoms with E-state index < -0.39 is 36.0 Å². The van der Waals surface area contributed by atoms with Gasteiger partial charge in [-0.1, -0.05) is 170 Å². The molecule has 0 saturated carbocycles. The van der Waals surface area contributed by atoms with Crippen LogP contribution in [0.2, 0.25) is 0 Å². The van der Waals surface area contributed by atoms with Crippen LogP contribution in [0.15, 0.2) is 146 Å². The normalized spacial score (nSPS) is 14.0. The van der Waals surface area contributed by atoms with Crippen molar-refractivity contribution in [2.24, 2.45) is 0 Å². The first-order valence-corrected chi connectivity index (χ1v) is 29.6. The van der Waals surface area contributed by atoms with Gasteiger partial charge in [0.25, 0.3) is 0 Å². The fourth-order valence-electron chi connectivity index (χ4n) is 10.4. The van der Waals surface area contributed by atoms with Crippen LogP contribution in [0.5, 0.6) is 0 Å². The second-order valence-electron chi connectivity index (χ2n) is 25.1. The van der Waals surface area contributed by atoms with E-state index in [0.29, 0.717) is 63.9 Å². The topological polar surface area (TPSA) is 96.8 Å². The zero-order valence-electron chi connectivity index (χ0n) is 53.1. The van der Waals surface area contributed by atoms with Gasteiger partial charge in [0.2, 0.25) is 17.5 Å². The Bertz CT molecular complexity index is 3860. The first-order valence-electron chi connectivity index (χ1n) is 29.6. The van der Waals surface area contributed by atoms with E-state index in [9.17, 15) is 39.5 Å². The number of nitrogens with zero attached hydrogens (tertiary/aromatic N) is 12. The number of fused-ring (bicyclic) bond motifs is 3. The molecule has 0 saturated heterocycles. The molecule has 12 nitrogen and oxygen atoms in total. The average Bonchev–Trinajstić information content (AvgIpc) is 1.65. The van der Waals surface area contributed by atoms with Gasteiger partial charge < -0.3 is 29.4 Å². The summed E-state index contributed by atoms with van der Waals surface area (Å²) in [6.45, 7) is 29.1. The molecule has 3 aliphatic heterocycles. The maximum atomic E-state index is 13.7. The van der Waals surface area contributed by atoms with Gasteiger partial charge in [-0.15, -0.1) is 35.3 Å². The molecular formula is C71H67F9IrN12-6. The van der Waals surface area contributed by atoms with Crippen molar-refractivity contribution in [2.75, 3.05) is 49.5 Å². The number of benzene rings is 6. The van der Waals surface area contributed by atoms with Crippen molar-refractivity contribution in [1.29, 1.82) is 0 Å². The minimum absolute atomic E-state index is 0. The minimum atomic E-state index is -4.66. The average molecular weight is 1450 g/mol. The smallest absolute Gasteiger partial charge is 0.451 e. The van der Waals surface area contributed by atoms with Gasteiger partial charge in [0.05, 0.1) is 34.1 Å². The van der Waals surface area contributed by atoms with E-state index in [0.717, 1.165) is 16.7 Å². The van der Waals surface area contributed by atoms with Crippen LogP contribution in [-0.2, 0) is 54.9 Å². The van der Waals surface area contributed by atoms with Crippen LogP contribution in [-0.4, -0.2) is 50.0 Å². The van der Waals surface area contributed by atoms with Crippen LogP contribution >= 0.6 is 0 Å². The Morgan fingerprint density at radius 2 is 0.634 bits per heavy atom. The van der Waals surface area contributed by atoms with Crippen molar-refractivity contribution in [3.05, 3.63) is 218 Å². The number of anilines is 9. The summed E-state index contributed by atoms with van der Waals surface area (Å²) in [4.78, 5) is 33.9. The summed E-state index contributed by atoms with van der Waals surface area (Å²) in [5.74, 6) is -2.91. The molecule has 0 N–H and O–H groups in total. The number of halogens is 9. The standard InChI is InChI=1S/2C24H23F3N4.C23H21F3N4.Ir/c2*1-5-30-15-31(18-13-11-17(12-14-18)23(2,3)4)21-20(30)19(16-9-7-6-8-10-16)28-22(29-21)24(25,26)27;1-22(2,3)16-10-12-17(13-11-16)30-14-29(4)19-18(15-8-6-5-7-9-15)27-21(23(24,25)26)28-20(19)30;/h2*6-13,15H,5H2,1-4H3;5-12,14H,1-4H3;/q3*-2;. The SMILES string of the molecule is CCN1[CH-]N(c2[c-]cc(C(C)(C)C)cc2)c2nc(C(F)(F)F)nc(-c3ccccc3)c21.CCN1[CH-]N(c2[c-]cc(C(C)(C)C)cc2)c2nc(C(F)(F)F)nc(-c3ccccc3)c21.CN1[CH-]N(c2[c-]cc(C(C)(C)C)cc2)c2nc(C(F)(F)F)nc(-c3ccccc3)c21.[Ir]. The molecule has 1 radical (unpaired) electrons. The third-order valence-corrected chi connectivity index (χ3v) is 15.4. The predicted molar refractivity (Wildman–Crippen MR) is 343 cm³/mol. The van der Waals surface area contributed by atoms with Crippen molar-refractivity contribution in [3.8, 4) is 33.8 Å². The molecule has 12 rings (SSSR count). The van der Waals surface area contributed by atoms with E-state index in [1.807, 2.05) is 96.4 Å². The van der Waals surface area contributed by atoms with Gasteiger partial charge in [0.15, 0.2) is 0 Å². The summed E-state index contributed by atoms with van der Waals surface area (Å²) >= 11 is 0. The van der Waals surface area contributed by atoms with Gasteiger partial charge in [0.1, 0.15) is 17.5 Å². The van der Waals surface area contributed by atoms with Gasteiger partial charge >= 0.3 is 18.5 Å². The molecular weight excluding hydrogens is 1380 g/mol. The molecule has 6 aromatic carbocycles. The third kappa shape index (κ3) is 14.8. The molecule has 3 aliphatic rings. The van der Waals surface area contributed by atoms with Crippen LogP contribution in [0.4, 0.5) is 91.1 Å². The van der Waals surface area contributed by atoms with Crippen LogP contribution < -0.4 is 29.4 Å². The van der Waals surface area contributed by atoms with Gasteiger partial charge in [-0.3, -0.25) is 0 Å². The zero-order chi connectivity index (χ0) is 66.5. The molecule has 0 spiro atoms. The Hall–Kier alpha value is -8.62. The summed E-state index contributed by atoms with van der Waals surface area (Å²) in [6, 6.07) is 53.3. The zero-order valence-corrected chi connectivity index (χ0v) is 55.5. The summed E-state index contributed by atoms with van der Waals surface area (Å²) in [7, 11) is 1.77. The van der Waals surface area contributed by atoms with Crippen LogP contribution in [0.3, 0.4) is 0 Å². The number of rotatable bonds is 8. The first kappa shape index (κ1) is 68.7. The second kappa shape index (κ2) is 26.4. The maximum absolute atomic E-state index is 13.7. The number of aromatic nitrogens is 6. The van der Waals surface area contributed by atoms with Crippen molar-refractivity contribution in [1.82, 2.24) is 29.9 Å². The van der Waals surface area contributed by atoms with E-state index in [-0.39, 0.29) is 70.9 Å². The molecule has 0 fully saturated rings. The van der Waals surface area contributed by atoms with Gasteiger partial charge in [-0.05, 0) is 34.0 Å². The Balaban J connectivity index is 0.000000164. The quantitative estimate of drug-likeness (QED) is 0.107. The molecule has 489 valence electrons. The second-order valence-corrected chi connectivity index (χ2v) is 25.1.